The largest absolute Gasteiger partial charge is 0.480 e. The molecule has 2 aromatic rings. The van der Waals surface area contributed by atoms with Crippen LogP contribution in [-0.2, 0) is 4.79 Å². The lowest BCUT2D eigenvalue weighted by molar-refractivity contribution is -0.139. The Kier molecular flexibility index (Phi) is 5.36. The van der Waals surface area contributed by atoms with E-state index in [-0.39, 0.29) is 24.5 Å². The lowest BCUT2D eigenvalue weighted by Gasteiger charge is -2.42. The first-order valence-corrected chi connectivity index (χ1v) is 9.19. The second-order valence-corrected chi connectivity index (χ2v) is 7.17. The summed E-state index contributed by atoms with van der Waals surface area (Å²) in [6, 6.07) is 3.97. The number of amides is 1. The van der Waals surface area contributed by atoms with Crippen molar-refractivity contribution < 1.29 is 19.2 Å². The lowest BCUT2D eigenvalue weighted by atomic mass is 9.85. The van der Waals surface area contributed by atoms with Gasteiger partial charge in [0.15, 0.2) is 5.82 Å². The predicted molar refractivity (Wildman–Crippen MR) is 99.2 cm³/mol. The van der Waals surface area contributed by atoms with Gasteiger partial charge in [-0.25, -0.2) is 0 Å². The molecule has 3 rings (SSSR count). The van der Waals surface area contributed by atoms with Crippen molar-refractivity contribution in [3.05, 3.63) is 34.8 Å². The molecule has 0 atom stereocenters. The summed E-state index contributed by atoms with van der Waals surface area (Å²) in [5, 5.41) is 16.1. The van der Waals surface area contributed by atoms with E-state index in [1.54, 1.807) is 0 Å². The Bertz CT molecular complexity index is 848. The van der Waals surface area contributed by atoms with Gasteiger partial charge in [-0.2, -0.15) is 0 Å². The number of carboxylic acid groups (broad SMARTS) is 1. The monoisotopic (exact) mass is 374 g/mol. The molecular formula is C19H26N4O4. The highest BCUT2D eigenvalue weighted by Crippen LogP contribution is 2.27. The van der Waals surface area contributed by atoms with Crippen LogP contribution in [0.15, 0.2) is 16.7 Å². The summed E-state index contributed by atoms with van der Waals surface area (Å²) in [5.41, 5.74) is 2.35. The highest BCUT2D eigenvalue weighted by atomic mass is 16.5. The SMILES string of the molecule is CCN(CC(=O)O)C1CC(NC(=O)c2cc(C)n(-c3cc(C)on3)c2C)C1. The Morgan fingerprint density at radius 2 is 2.04 bits per heavy atom. The summed E-state index contributed by atoms with van der Waals surface area (Å²) >= 11 is 0. The first-order valence-electron chi connectivity index (χ1n) is 9.19. The average molecular weight is 374 g/mol. The molecule has 8 nitrogen and oxygen atoms in total. The molecule has 0 saturated heterocycles. The zero-order chi connectivity index (χ0) is 19.7. The maximum Gasteiger partial charge on any atom is 0.317 e. The zero-order valence-corrected chi connectivity index (χ0v) is 16.2. The van der Waals surface area contributed by atoms with E-state index in [0.717, 1.165) is 24.2 Å². The van der Waals surface area contributed by atoms with Crippen molar-refractivity contribution in [3.8, 4) is 5.82 Å². The van der Waals surface area contributed by atoms with Crippen molar-refractivity contribution in [2.45, 2.75) is 52.6 Å². The average Bonchev–Trinajstić information content (AvgIpc) is 3.11. The third-order valence-corrected chi connectivity index (χ3v) is 5.23. The molecule has 1 saturated carbocycles. The van der Waals surface area contributed by atoms with Crippen LogP contribution in [0.3, 0.4) is 0 Å². The molecule has 1 fully saturated rings. The van der Waals surface area contributed by atoms with Gasteiger partial charge in [-0.1, -0.05) is 12.1 Å². The summed E-state index contributed by atoms with van der Waals surface area (Å²) < 4.78 is 7.05. The van der Waals surface area contributed by atoms with E-state index in [1.807, 2.05) is 49.3 Å². The van der Waals surface area contributed by atoms with Crippen LogP contribution in [0.25, 0.3) is 5.82 Å². The van der Waals surface area contributed by atoms with Crippen LogP contribution >= 0.6 is 0 Å². The van der Waals surface area contributed by atoms with Gasteiger partial charge in [0.05, 0.1) is 12.1 Å². The fraction of sp³-hybridized carbons (Fsp3) is 0.526. The molecule has 1 aliphatic carbocycles. The van der Waals surface area contributed by atoms with E-state index >= 15 is 0 Å². The number of aryl methyl sites for hydroxylation is 2. The Balaban J connectivity index is 1.64. The standard InChI is InChI=1S/C19H26N4O4/c1-5-22(10-18(24)25)15-8-14(9-15)20-19(26)16-6-11(2)23(13(16)4)17-7-12(3)27-21-17/h6-7,14-15H,5,8-10H2,1-4H3,(H,20,26)(H,24,25). The van der Waals surface area contributed by atoms with Crippen molar-refractivity contribution in [1.29, 1.82) is 0 Å². The summed E-state index contributed by atoms with van der Waals surface area (Å²) in [5.74, 6) is 0.447. The minimum atomic E-state index is -0.820. The number of hydrogen-bond donors (Lipinski definition) is 2. The van der Waals surface area contributed by atoms with Gasteiger partial charge in [-0.3, -0.25) is 19.1 Å². The van der Waals surface area contributed by atoms with Crippen molar-refractivity contribution >= 4 is 11.9 Å². The lowest BCUT2D eigenvalue weighted by Crippen LogP contribution is -2.54. The van der Waals surface area contributed by atoms with Gasteiger partial charge in [0.1, 0.15) is 5.76 Å². The second kappa shape index (κ2) is 7.56. The van der Waals surface area contributed by atoms with Gasteiger partial charge in [0, 0.05) is 29.5 Å². The molecule has 0 radical (unpaired) electrons. The summed E-state index contributed by atoms with van der Waals surface area (Å²) in [6.07, 6.45) is 1.54. The third-order valence-electron chi connectivity index (χ3n) is 5.23. The molecule has 1 aliphatic rings. The van der Waals surface area contributed by atoms with Gasteiger partial charge in [-0.05, 0) is 46.2 Å². The molecule has 2 aromatic heterocycles. The van der Waals surface area contributed by atoms with Gasteiger partial charge in [-0.15, -0.1) is 0 Å². The number of hydrogen-bond acceptors (Lipinski definition) is 5. The number of likely N-dealkylation sites (N-methyl/N-ethyl adjacent to an activating group) is 1. The quantitative estimate of drug-likeness (QED) is 0.769. The molecular weight excluding hydrogens is 348 g/mol. The summed E-state index contributed by atoms with van der Waals surface area (Å²) in [6.45, 7) is 8.33. The first-order chi connectivity index (χ1) is 12.8. The smallest absolute Gasteiger partial charge is 0.317 e. The number of aromatic nitrogens is 2. The molecule has 0 unspecified atom stereocenters. The van der Waals surface area contributed by atoms with Crippen LogP contribution in [-0.4, -0.2) is 56.8 Å². The van der Waals surface area contributed by atoms with Crippen LogP contribution in [0.2, 0.25) is 0 Å². The van der Waals surface area contributed by atoms with Crippen LogP contribution in [0.4, 0.5) is 0 Å². The fourth-order valence-electron chi connectivity index (χ4n) is 3.74. The molecule has 27 heavy (non-hydrogen) atoms. The second-order valence-electron chi connectivity index (χ2n) is 7.17. The van der Waals surface area contributed by atoms with Crippen LogP contribution in [0, 0.1) is 20.8 Å². The van der Waals surface area contributed by atoms with E-state index < -0.39 is 5.97 Å². The van der Waals surface area contributed by atoms with E-state index in [2.05, 4.69) is 10.5 Å². The van der Waals surface area contributed by atoms with Gasteiger partial charge < -0.3 is 14.9 Å². The van der Waals surface area contributed by atoms with Crippen molar-refractivity contribution in [2.24, 2.45) is 0 Å². The summed E-state index contributed by atoms with van der Waals surface area (Å²) in [7, 11) is 0. The van der Waals surface area contributed by atoms with E-state index in [4.69, 9.17) is 9.63 Å². The zero-order valence-electron chi connectivity index (χ0n) is 16.2. The van der Waals surface area contributed by atoms with Gasteiger partial charge >= 0.3 is 5.97 Å². The van der Waals surface area contributed by atoms with E-state index in [9.17, 15) is 9.59 Å². The fourth-order valence-corrected chi connectivity index (χ4v) is 3.74. The Hall–Kier alpha value is -2.61. The molecule has 0 aromatic carbocycles. The Morgan fingerprint density at radius 1 is 1.33 bits per heavy atom. The Morgan fingerprint density at radius 3 is 2.59 bits per heavy atom. The molecule has 2 N–H and O–H groups in total. The van der Waals surface area contributed by atoms with E-state index in [0.29, 0.717) is 23.7 Å². The topological polar surface area (TPSA) is 101 Å². The molecule has 2 heterocycles. The highest BCUT2D eigenvalue weighted by Gasteiger charge is 2.35. The van der Waals surface area contributed by atoms with Gasteiger partial charge in [0.2, 0.25) is 0 Å². The number of nitrogens with zero attached hydrogens (tertiary/aromatic N) is 3. The maximum atomic E-state index is 12.7. The van der Waals surface area contributed by atoms with Crippen LogP contribution < -0.4 is 5.32 Å². The molecule has 0 bridgehead atoms. The van der Waals surface area contributed by atoms with Crippen LogP contribution in [0.1, 0.15) is 47.3 Å². The number of carbonyl (C=O) groups excluding carboxylic acids is 1. The van der Waals surface area contributed by atoms with Crippen molar-refractivity contribution in [2.75, 3.05) is 13.1 Å². The molecule has 0 spiro atoms. The van der Waals surface area contributed by atoms with E-state index in [1.165, 1.54) is 0 Å². The van der Waals surface area contributed by atoms with Crippen molar-refractivity contribution in [3.63, 3.8) is 0 Å². The normalized spacial score (nSPS) is 19.1. The number of carbonyl (C=O) groups is 2. The summed E-state index contributed by atoms with van der Waals surface area (Å²) in [4.78, 5) is 25.6. The number of rotatable bonds is 7. The number of carboxylic acids is 1. The minimum absolute atomic E-state index is 0.0418. The van der Waals surface area contributed by atoms with Crippen molar-refractivity contribution in [1.82, 2.24) is 19.9 Å². The number of nitrogens with one attached hydrogen (secondary N) is 1. The Labute approximate surface area is 158 Å². The van der Waals surface area contributed by atoms with Crippen LogP contribution in [0.5, 0.6) is 0 Å². The maximum absolute atomic E-state index is 12.7. The third kappa shape index (κ3) is 3.90. The molecule has 146 valence electrons. The van der Waals surface area contributed by atoms with Gasteiger partial charge in [0.25, 0.3) is 5.91 Å². The molecule has 8 heteroatoms. The first kappa shape index (κ1) is 19.2. The molecule has 1 amide bonds. The number of aliphatic carboxylic acids is 1. The molecule has 0 aliphatic heterocycles. The predicted octanol–water partition coefficient (Wildman–Crippen LogP) is 2.06. The minimum Gasteiger partial charge on any atom is -0.480 e. The highest BCUT2D eigenvalue weighted by molar-refractivity contribution is 5.96.